The Kier molecular flexibility index (Phi) is 4.62. The number of hydrogen-bond acceptors (Lipinski definition) is 6. The number of carbonyl (C=O) groups is 1. The van der Waals surface area contributed by atoms with Crippen LogP contribution in [0.1, 0.15) is 29.9 Å². The van der Waals surface area contributed by atoms with Gasteiger partial charge in [0.2, 0.25) is 5.82 Å². The molecule has 0 bridgehead atoms. The van der Waals surface area contributed by atoms with Gasteiger partial charge in [0.1, 0.15) is 11.3 Å². The monoisotopic (exact) mass is 268 g/mol. The Morgan fingerprint density at radius 1 is 1.37 bits per heavy atom. The fourth-order valence-corrected chi connectivity index (χ4v) is 1.77. The van der Waals surface area contributed by atoms with E-state index in [0.717, 1.165) is 0 Å². The molecule has 0 saturated carbocycles. The van der Waals surface area contributed by atoms with Gasteiger partial charge in [-0.05, 0) is 20.8 Å². The number of carboxylic acid groups (broad SMARTS) is 1. The van der Waals surface area contributed by atoms with Crippen molar-refractivity contribution < 1.29 is 14.8 Å². The van der Waals surface area contributed by atoms with Crippen LogP contribution < -0.4 is 10.6 Å². The lowest BCUT2D eigenvalue weighted by Crippen LogP contribution is -2.15. The van der Waals surface area contributed by atoms with E-state index < -0.39 is 10.9 Å². The molecule has 0 aliphatic carbocycles. The molecular weight excluding hydrogens is 252 g/mol. The third-order valence-electron chi connectivity index (χ3n) is 2.45. The molecule has 104 valence electrons. The lowest BCUT2D eigenvalue weighted by atomic mass is 10.1. The molecule has 0 fully saturated rings. The molecule has 8 heteroatoms. The van der Waals surface area contributed by atoms with Crippen LogP contribution in [0.15, 0.2) is 0 Å². The molecule has 0 aliphatic heterocycles. The van der Waals surface area contributed by atoms with Crippen molar-refractivity contribution in [3.05, 3.63) is 21.4 Å². The molecule has 1 aromatic rings. The zero-order valence-corrected chi connectivity index (χ0v) is 11.0. The van der Waals surface area contributed by atoms with Gasteiger partial charge in [0.25, 0.3) is 0 Å². The van der Waals surface area contributed by atoms with Crippen LogP contribution in [0, 0.1) is 17.0 Å². The average molecular weight is 268 g/mol. The van der Waals surface area contributed by atoms with Gasteiger partial charge in [0.15, 0.2) is 0 Å². The second-order valence-electron chi connectivity index (χ2n) is 3.77. The van der Waals surface area contributed by atoms with Crippen molar-refractivity contribution in [1.82, 2.24) is 4.98 Å². The maximum absolute atomic E-state index is 11.2. The highest BCUT2D eigenvalue weighted by Crippen LogP contribution is 2.36. The Balaban J connectivity index is 3.64. The van der Waals surface area contributed by atoms with Gasteiger partial charge in [-0.3, -0.25) is 10.1 Å². The van der Waals surface area contributed by atoms with E-state index in [0.29, 0.717) is 13.1 Å². The summed E-state index contributed by atoms with van der Waals surface area (Å²) in [6.45, 7) is 5.84. The number of pyridine rings is 1. The number of hydrogen-bond donors (Lipinski definition) is 3. The number of aromatic carboxylic acids is 1. The summed E-state index contributed by atoms with van der Waals surface area (Å²) in [6.07, 6.45) is 0. The summed E-state index contributed by atoms with van der Waals surface area (Å²) in [5.74, 6) is -1.17. The highest BCUT2D eigenvalue weighted by molar-refractivity contribution is 5.99. The Morgan fingerprint density at radius 2 is 1.95 bits per heavy atom. The molecule has 0 aliphatic rings. The molecule has 0 spiro atoms. The van der Waals surface area contributed by atoms with Crippen LogP contribution in [0.2, 0.25) is 0 Å². The predicted molar refractivity (Wildman–Crippen MR) is 70.9 cm³/mol. The molecule has 1 aromatic heterocycles. The number of aromatic nitrogens is 1. The number of nitro groups is 1. The van der Waals surface area contributed by atoms with Crippen molar-refractivity contribution in [1.29, 1.82) is 0 Å². The molecule has 1 heterocycles. The number of anilines is 2. The Morgan fingerprint density at radius 3 is 2.37 bits per heavy atom. The molecule has 0 saturated heterocycles. The maximum atomic E-state index is 11.2. The topological polar surface area (TPSA) is 117 Å². The van der Waals surface area contributed by atoms with Crippen LogP contribution >= 0.6 is 0 Å². The summed E-state index contributed by atoms with van der Waals surface area (Å²) < 4.78 is 0. The number of rotatable bonds is 6. The largest absolute Gasteiger partial charge is 0.478 e. The fourth-order valence-electron chi connectivity index (χ4n) is 1.77. The van der Waals surface area contributed by atoms with Crippen LogP contribution in [0.4, 0.5) is 17.2 Å². The minimum absolute atomic E-state index is 0.0107. The second-order valence-corrected chi connectivity index (χ2v) is 3.77. The predicted octanol–water partition coefficient (Wildman–Crippen LogP) is 1.86. The van der Waals surface area contributed by atoms with Crippen molar-refractivity contribution in [2.75, 3.05) is 23.7 Å². The zero-order chi connectivity index (χ0) is 14.6. The Labute approximate surface area is 110 Å². The Bertz CT molecular complexity index is 516. The molecule has 1 rings (SSSR count). The first-order valence-electron chi connectivity index (χ1n) is 5.84. The minimum Gasteiger partial charge on any atom is -0.478 e. The van der Waals surface area contributed by atoms with E-state index in [-0.39, 0.29) is 28.5 Å². The highest BCUT2D eigenvalue weighted by atomic mass is 16.6. The van der Waals surface area contributed by atoms with Crippen LogP contribution in [-0.4, -0.2) is 34.1 Å². The average Bonchev–Trinajstić information content (AvgIpc) is 2.28. The van der Waals surface area contributed by atoms with E-state index in [9.17, 15) is 20.0 Å². The summed E-state index contributed by atoms with van der Waals surface area (Å²) >= 11 is 0. The normalized spacial score (nSPS) is 10.1. The molecule has 0 radical (unpaired) electrons. The minimum atomic E-state index is -1.24. The quantitative estimate of drug-likeness (QED) is 0.532. The second kappa shape index (κ2) is 5.98. The zero-order valence-electron chi connectivity index (χ0n) is 11.0. The highest BCUT2D eigenvalue weighted by Gasteiger charge is 2.29. The van der Waals surface area contributed by atoms with E-state index in [1.165, 1.54) is 6.92 Å². The summed E-state index contributed by atoms with van der Waals surface area (Å²) in [7, 11) is 0. The van der Waals surface area contributed by atoms with Gasteiger partial charge in [0.05, 0.1) is 10.6 Å². The van der Waals surface area contributed by atoms with E-state index >= 15 is 0 Å². The number of carboxylic acids is 1. The molecule has 0 aromatic carbocycles. The molecule has 0 amide bonds. The summed E-state index contributed by atoms with van der Waals surface area (Å²) in [4.78, 5) is 25.8. The van der Waals surface area contributed by atoms with Crippen LogP contribution in [-0.2, 0) is 0 Å². The van der Waals surface area contributed by atoms with Crippen molar-refractivity contribution in [2.24, 2.45) is 0 Å². The third-order valence-corrected chi connectivity index (χ3v) is 2.45. The summed E-state index contributed by atoms with van der Waals surface area (Å²) in [5, 5.41) is 25.9. The number of nitrogens with one attached hydrogen (secondary N) is 2. The van der Waals surface area contributed by atoms with E-state index in [2.05, 4.69) is 15.6 Å². The van der Waals surface area contributed by atoms with Crippen molar-refractivity contribution in [3.8, 4) is 0 Å². The van der Waals surface area contributed by atoms with Gasteiger partial charge >= 0.3 is 11.7 Å². The third kappa shape index (κ3) is 2.90. The number of aryl methyl sites for hydroxylation is 1. The summed E-state index contributed by atoms with van der Waals surface area (Å²) in [5.41, 5.74) is -0.296. The molecule has 8 nitrogen and oxygen atoms in total. The Hall–Kier alpha value is -2.38. The molecule has 19 heavy (non-hydrogen) atoms. The first kappa shape index (κ1) is 14.7. The lowest BCUT2D eigenvalue weighted by Gasteiger charge is -2.13. The smallest absolute Gasteiger partial charge is 0.339 e. The maximum Gasteiger partial charge on any atom is 0.339 e. The number of nitrogens with zero attached hydrogens (tertiary/aromatic N) is 2. The van der Waals surface area contributed by atoms with Crippen LogP contribution in [0.25, 0.3) is 0 Å². The van der Waals surface area contributed by atoms with E-state index in [1.807, 2.05) is 0 Å². The van der Waals surface area contributed by atoms with Crippen molar-refractivity contribution >= 4 is 23.2 Å². The molecule has 3 N–H and O–H groups in total. The van der Waals surface area contributed by atoms with Crippen molar-refractivity contribution in [2.45, 2.75) is 20.8 Å². The van der Waals surface area contributed by atoms with Crippen molar-refractivity contribution in [3.63, 3.8) is 0 Å². The van der Waals surface area contributed by atoms with Gasteiger partial charge in [-0.15, -0.1) is 0 Å². The molecule has 0 unspecified atom stereocenters. The van der Waals surface area contributed by atoms with Gasteiger partial charge in [-0.25, -0.2) is 9.78 Å². The molecule has 0 atom stereocenters. The van der Waals surface area contributed by atoms with Gasteiger partial charge in [-0.1, -0.05) is 0 Å². The molecular formula is C11H16N4O4. The standard InChI is InChI=1S/C11H16N4O4/c1-4-12-8-7(11(16)17)6(3)14-10(13-5-2)9(8)15(18)19/h4-5H2,1-3H3,(H,16,17)(H2,12,13,14). The van der Waals surface area contributed by atoms with Gasteiger partial charge in [-0.2, -0.15) is 0 Å². The van der Waals surface area contributed by atoms with Crippen LogP contribution in [0.3, 0.4) is 0 Å². The first-order chi connectivity index (χ1) is 8.93. The van der Waals surface area contributed by atoms with Gasteiger partial charge in [0, 0.05) is 13.1 Å². The van der Waals surface area contributed by atoms with Crippen LogP contribution in [0.5, 0.6) is 0 Å². The lowest BCUT2D eigenvalue weighted by molar-refractivity contribution is -0.383. The van der Waals surface area contributed by atoms with E-state index in [4.69, 9.17) is 0 Å². The van der Waals surface area contributed by atoms with Gasteiger partial charge < -0.3 is 15.7 Å². The fraction of sp³-hybridized carbons (Fsp3) is 0.455. The summed E-state index contributed by atoms with van der Waals surface area (Å²) in [6, 6.07) is 0. The first-order valence-corrected chi connectivity index (χ1v) is 5.84. The SMILES string of the molecule is CCNc1nc(C)c(C(=O)O)c(NCC)c1[N+](=O)[O-]. The van der Waals surface area contributed by atoms with E-state index in [1.54, 1.807) is 13.8 Å².